The fraction of sp³-hybridized carbons (Fsp3) is 0.647. The van der Waals surface area contributed by atoms with Gasteiger partial charge in [0, 0.05) is 31.7 Å². The number of hydrazine groups is 1. The van der Waals surface area contributed by atoms with E-state index in [9.17, 15) is 0 Å². The van der Waals surface area contributed by atoms with Crippen LogP contribution in [0.4, 0.5) is 0 Å². The average molecular weight is 290 g/mol. The van der Waals surface area contributed by atoms with Crippen LogP contribution in [-0.4, -0.2) is 55.6 Å². The second-order valence-corrected chi connectivity index (χ2v) is 6.70. The smallest absolute Gasteiger partial charge is 0.0266 e. The van der Waals surface area contributed by atoms with E-state index < -0.39 is 0 Å². The highest BCUT2D eigenvalue weighted by Gasteiger charge is 2.25. The lowest BCUT2D eigenvalue weighted by atomic mass is 9.96. The maximum Gasteiger partial charge on any atom is 0.0266 e. The molecule has 4 heteroatoms. The van der Waals surface area contributed by atoms with Crippen LogP contribution in [0.1, 0.15) is 23.1 Å². The van der Waals surface area contributed by atoms with Crippen molar-refractivity contribution in [3.05, 3.63) is 34.9 Å². The molecule has 0 aliphatic carbocycles. The van der Waals surface area contributed by atoms with Crippen LogP contribution in [0, 0.1) is 13.8 Å². The standard InChI is InChI=1S/C17H30N4/c1-13-7-14(2)9-15(8-13)10-16(19-18)11-17-12-20(3)5-6-21(17)4/h7-9,16-17,19H,5-6,10-12,18H2,1-4H3. The summed E-state index contributed by atoms with van der Waals surface area (Å²) in [4.78, 5) is 4.88. The molecule has 0 bridgehead atoms. The molecule has 0 amide bonds. The van der Waals surface area contributed by atoms with Crippen LogP contribution in [0.5, 0.6) is 0 Å². The fourth-order valence-electron chi connectivity index (χ4n) is 3.37. The van der Waals surface area contributed by atoms with Gasteiger partial charge in [-0.3, -0.25) is 11.3 Å². The number of benzene rings is 1. The first-order valence-corrected chi connectivity index (χ1v) is 7.90. The molecule has 1 heterocycles. The Balaban J connectivity index is 1.99. The molecule has 1 fully saturated rings. The number of nitrogens with one attached hydrogen (secondary N) is 1. The van der Waals surface area contributed by atoms with Crippen molar-refractivity contribution in [2.24, 2.45) is 5.84 Å². The topological polar surface area (TPSA) is 44.5 Å². The van der Waals surface area contributed by atoms with E-state index in [0.29, 0.717) is 12.1 Å². The normalized spacial score (nSPS) is 22.4. The molecule has 2 rings (SSSR count). The van der Waals surface area contributed by atoms with E-state index >= 15 is 0 Å². The van der Waals surface area contributed by atoms with Crippen molar-refractivity contribution in [2.45, 2.75) is 38.8 Å². The molecule has 1 aromatic rings. The number of hydrogen-bond donors (Lipinski definition) is 2. The Kier molecular flexibility index (Phi) is 5.76. The molecule has 1 saturated heterocycles. The van der Waals surface area contributed by atoms with Crippen LogP contribution < -0.4 is 11.3 Å². The number of rotatable bonds is 5. The van der Waals surface area contributed by atoms with Gasteiger partial charge in [0.05, 0.1) is 0 Å². The summed E-state index contributed by atoms with van der Waals surface area (Å²) in [6, 6.07) is 7.67. The van der Waals surface area contributed by atoms with Crippen molar-refractivity contribution in [2.75, 3.05) is 33.7 Å². The summed E-state index contributed by atoms with van der Waals surface area (Å²) >= 11 is 0. The molecule has 0 saturated carbocycles. The predicted octanol–water partition coefficient (Wildman–Crippen LogP) is 1.31. The summed E-state index contributed by atoms with van der Waals surface area (Å²) < 4.78 is 0. The molecule has 0 aromatic heterocycles. The highest BCUT2D eigenvalue weighted by Crippen LogP contribution is 2.16. The maximum absolute atomic E-state index is 5.81. The number of nitrogens with zero attached hydrogens (tertiary/aromatic N) is 2. The molecule has 0 spiro atoms. The van der Waals surface area contributed by atoms with E-state index in [1.807, 2.05) is 0 Å². The van der Waals surface area contributed by atoms with Gasteiger partial charge in [0.25, 0.3) is 0 Å². The minimum Gasteiger partial charge on any atom is -0.304 e. The van der Waals surface area contributed by atoms with Gasteiger partial charge in [-0.25, -0.2) is 0 Å². The van der Waals surface area contributed by atoms with E-state index in [1.54, 1.807) is 0 Å². The van der Waals surface area contributed by atoms with E-state index in [-0.39, 0.29) is 0 Å². The van der Waals surface area contributed by atoms with Crippen LogP contribution in [0.15, 0.2) is 18.2 Å². The molecule has 1 aliphatic rings. The van der Waals surface area contributed by atoms with E-state index in [0.717, 1.165) is 32.5 Å². The molecular formula is C17H30N4. The minimum atomic E-state index is 0.324. The fourth-order valence-corrected chi connectivity index (χ4v) is 3.37. The Morgan fingerprint density at radius 3 is 2.48 bits per heavy atom. The average Bonchev–Trinajstić information content (AvgIpc) is 2.41. The van der Waals surface area contributed by atoms with Gasteiger partial charge in [0.1, 0.15) is 0 Å². The lowest BCUT2D eigenvalue weighted by molar-refractivity contribution is 0.101. The summed E-state index contributed by atoms with van der Waals surface area (Å²) in [6.45, 7) is 7.74. The molecule has 2 unspecified atom stereocenters. The van der Waals surface area contributed by atoms with Gasteiger partial charge in [-0.2, -0.15) is 0 Å². The summed E-state index contributed by atoms with van der Waals surface area (Å²) in [5, 5.41) is 0. The molecule has 21 heavy (non-hydrogen) atoms. The second-order valence-electron chi connectivity index (χ2n) is 6.70. The first-order chi connectivity index (χ1) is 9.97. The molecule has 4 nitrogen and oxygen atoms in total. The highest BCUT2D eigenvalue weighted by atomic mass is 15.3. The highest BCUT2D eigenvalue weighted by molar-refractivity contribution is 5.29. The van der Waals surface area contributed by atoms with Crippen molar-refractivity contribution in [3.8, 4) is 0 Å². The van der Waals surface area contributed by atoms with Gasteiger partial charge in [-0.05, 0) is 46.3 Å². The zero-order valence-electron chi connectivity index (χ0n) is 13.9. The van der Waals surface area contributed by atoms with Gasteiger partial charge in [0.15, 0.2) is 0 Å². The molecule has 3 N–H and O–H groups in total. The zero-order valence-corrected chi connectivity index (χ0v) is 13.9. The molecule has 1 aliphatic heterocycles. The Morgan fingerprint density at radius 1 is 1.19 bits per heavy atom. The molecule has 2 atom stereocenters. The van der Waals surface area contributed by atoms with Gasteiger partial charge in [-0.15, -0.1) is 0 Å². The Labute approximate surface area is 129 Å². The van der Waals surface area contributed by atoms with Crippen LogP contribution in [-0.2, 0) is 6.42 Å². The summed E-state index contributed by atoms with van der Waals surface area (Å²) in [5.74, 6) is 5.81. The number of likely N-dealkylation sites (N-methyl/N-ethyl adjacent to an activating group) is 2. The lowest BCUT2D eigenvalue weighted by Crippen LogP contribution is -2.53. The second kappa shape index (κ2) is 7.36. The quantitative estimate of drug-likeness (QED) is 0.634. The van der Waals surface area contributed by atoms with Crippen molar-refractivity contribution in [3.63, 3.8) is 0 Å². The maximum atomic E-state index is 5.81. The van der Waals surface area contributed by atoms with Gasteiger partial charge in [-0.1, -0.05) is 29.3 Å². The zero-order chi connectivity index (χ0) is 15.4. The predicted molar refractivity (Wildman–Crippen MR) is 89.3 cm³/mol. The third kappa shape index (κ3) is 4.78. The number of piperazine rings is 1. The number of aryl methyl sites for hydroxylation is 2. The first-order valence-electron chi connectivity index (χ1n) is 7.90. The molecule has 1 aromatic carbocycles. The van der Waals surface area contributed by atoms with E-state index in [4.69, 9.17) is 5.84 Å². The van der Waals surface area contributed by atoms with E-state index in [2.05, 4.69) is 61.4 Å². The van der Waals surface area contributed by atoms with Crippen LogP contribution in [0.3, 0.4) is 0 Å². The van der Waals surface area contributed by atoms with Crippen molar-refractivity contribution >= 4 is 0 Å². The SMILES string of the molecule is Cc1cc(C)cc(CC(CC2CN(C)CCN2C)NN)c1. The summed E-state index contributed by atoms with van der Waals surface area (Å²) in [6.07, 6.45) is 2.08. The lowest BCUT2D eigenvalue weighted by Gasteiger charge is -2.39. The Bertz CT molecular complexity index is 440. The van der Waals surface area contributed by atoms with Gasteiger partial charge >= 0.3 is 0 Å². The number of nitrogens with two attached hydrogens (primary N) is 1. The van der Waals surface area contributed by atoms with Crippen molar-refractivity contribution in [1.82, 2.24) is 15.2 Å². The van der Waals surface area contributed by atoms with Gasteiger partial charge in [0.2, 0.25) is 0 Å². The van der Waals surface area contributed by atoms with Gasteiger partial charge < -0.3 is 9.80 Å². The third-order valence-corrected chi connectivity index (χ3v) is 4.54. The Hall–Kier alpha value is -0.940. The first kappa shape index (κ1) is 16.4. The molecule has 0 radical (unpaired) electrons. The largest absolute Gasteiger partial charge is 0.304 e. The Morgan fingerprint density at radius 2 is 1.86 bits per heavy atom. The minimum absolute atomic E-state index is 0.324. The number of hydrogen-bond acceptors (Lipinski definition) is 4. The molecular weight excluding hydrogens is 260 g/mol. The summed E-state index contributed by atoms with van der Waals surface area (Å²) in [5.41, 5.74) is 7.06. The third-order valence-electron chi connectivity index (χ3n) is 4.54. The monoisotopic (exact) mass is 290 g/mol. The van der Waals surface area contributed by atoms with Crippen LogP contribution in [0.2, 0.25) is 0 Å². The van der Waals surface area contributed by atoms with Crippen molar-refractivity contribution in [1.29, 1.82) is 0 Å². The van der Waals surface area contributed by atoms with Crippen LogP contribution >= 0.6 is 0 Å². The molecule has 118 valence electrons. The van der Waals surface area contributed by atoms with Crippen molar-refractivity contribution < 1.29 is 0 Å². The summed E-state index contributed by atoms with van der Waals surface area (Å²) in [7, 11) is 4.43. The van der Waals surface area contributed by atoms with Crippen LogP contribution in [0.25, 0.3) is 0 Å². The van der Waals surface area contributed by atoms with E-state index in [1.165, 1.54) is 16.7 Å².